The number of hydrogen-bond donors (Lipinski definition) is 1. The van der Waals surface area contributed by atoms with E-state index in [2.05, 4.69) is 15.3 Å². The number of nitrogens with zero attached hydrogens (tertiary/aromatic N) is 4. The fraction of sp³-hybridized carbons (Fsp3) is 0.161. The number of hydrogen-bond acceptors (Lipinski definition) is 6. The minimum Gasteiger partial charge on any atom is -0.493 e. The maximum Gasteiger partial charge on any atom is 0.251 e. The zero-order chi connectivity index (χ0) is 29.6. The summed E-state index contributed by atoms with van der Waals surface area (Å²) in [4.78, 5) is 26.8. The van der Waals surface area contributed by atoms with Crippen molar-refractivity contribution in [2.75, 3.05) is 20.8 Å². The standard InChI is InChI=1S/C31H26Cl2FN5O3/c1-41-26-10-6-21(17-27(26)42-2)31(40)36-13-14-39-18-37-29(20-4-7-22(34)8-5-20)30(39)25-11-12-35-28(38-25)16-19-3-9-23(32)24(33)15-19/h3-12,15,17-18H,13-14,16H2,1-2H3,(H,36,40). The maximum absolute atomic E-state index is 13.7. The molecule has 0 saturated carbocycles. The zero-order valence-corrected chi connectivity index (χ0v) is 24.3. The van der Waals surface area contributed by atoms with Crippen LogP contribution in [-0.4, -0.2) is 46.2 Å². The highest BCUT2D eigenvalue weighted by molar-refractivity contribution is 6.42. The highest BCUT2D eigenvalue weighted by Gasteiger charge is 2.18. The van der Waals surface area contributed by atoms with E-state index in [1.807, 2.05) is 10.6 Å². The number of halogens is 3. The number of amides is 1. The van der Waals surface area contributed by atoms with E-state index in [4.69, 9.17) is 37.7 Å². The van der Waals surface area contributed by atoms with Crippen LogP contribution in [0.25, 0.3) is 22.6 Å². The van der Waals surface area contributed by atoms with E-state index in [0.717, 1.165) is 11.1 Å². The molecule has 2 aromatic heterocycles. The zero-order valence-electron chi connectivity index (χ0n) is 22.8. The lowest BCUT2D eigenvalue weighted by Crippen LogP contribution is -2.27. The molecule has 1 N–H and O–H groups in total. The van der Waals surface area contributed by atoms with Gasteiger partial charge in [0.05, 0.1) is 47.7 Å². The number of carbonyl (C=O) groups is 1. The fourth-order valence-corrected chi connectivity index (χ4v) is 4.78. The Balaban J connectivity index is 1.41. The third-order valence-electron chi connectivity index (χ3n) is 6.53. The molecule has 0 aliphatic rings. The molecule has 5 rings (SSSR count). The van der Waals surface area contributed by atoms with Crippen molar-refractivity contribution in [3.63, 3.8) is 0 Å². The van der Waals surface area contributed by atoms with E-state index in [9.17, 15) is 9.18 Å². The Kier molecular flexibility index (Phi) is 9.00. The van der Waals surface area contributed by atoms with E-state index in [1.165, 1.54) is 26.4 Å². The summed E-state index contributed by atoms with van der Waals surface area (Å²) in [7, 11) is 3.05. The van der Waals surface area contributed by atoms with Crippen molar-refractivity contribution in [3.8, 4) is 34.1 Å². The number of aromatic nitrogens is 4. The van der Waals surface area contributed by atoms with Crippen LogP contribution in [0.15, 0.2) is 79.3 Å². The van der Waals surface area contributed by atoms with Crippen molar-refractivity contribution < 1.29 is 18.7 Å². The molecule has 42 heavy (non-hydrogen) atoms. The average Bonchev–Trinajstić information content (AvgIpc) is 3.43. The molecule has 0 atom stereocenters. The molecule has 0 bridgehead atoms. The second kappa shape index (κ2) is 13.0. The molecule has 0 unspecified atom stereocenters. The number of nitrogens with one attached hydrogen (secondary N) is 1. The SMILES string of the molecule is COc1ccc(C(=O)NCCn2cnc(-c3ccc(F)cc3)c2-c2ccnc(Cc3ccc(Cl)c(Cl)c3)n2)cc1OC. The molecule has 0 aliphatic carbocycles. The molecular weight excluding hydrogens is 580 g/mol. The molecule has 8 nitrogen and oxygen atoms in total. The highest BCUT2D eigenvalue weighted by atomic mass is 35.5. The second-order valence-electron chi connectivity index (χ2n) is 9.25. The van der Waals surface area contributed by atoms with Crippen molar-refractivity contribution in [3.05, 3.63) is 112 Å². The van der Waals surface area contributed by atoms with Gasteiger partial charge in [0.15, 0.2) is 11.5 Å². The van der Waals surface area contributed by atoms with E-state index in [1.54, 1.807) is 61.1 Å². The van der Waals surface area contributed by atoms with Gasteiger partial charge in [0, 0.05) is 36.8 Å². The molecule has 0 fully saturated rings. The van der Waals surface area contributed by atoms with Gasteiger partial charge in [-0.3, -0.25) is 4.79 Å². The van der Waals surface area contributed by atoms with Gasteiger partial charge in [0.1, 0.15) is 11.6 Å². The smallest absolute Gasteiger partial charge is 0.251 e. The molecule has 2 heterocycles. The topological polar surface area (TPSA) is 91.2 Å². The van der Waals surface area contributed by atoms with Gasteiger partial charge >= 0.3 is 0 Å². The van der Waals surface area contributed by atoms with Crippen LogP contribution in [0.4, 0.5) is 4.39 Å². The van der Waals surface area contributed by atoms with Crippen LogP contribution in [0.3, 0.4) is 0 Å². The minimum absolute atomic E-state index is 0.262. The average molecular weight is 606 g/mol. The quantitative estimate of drug-likeness (QED) is 0.196. The Morgan fingerprint density at radius 1 is 0.929 bits per heavy atom. The lowest BCUT2D eigenvalue weighted by Gasteiger charge is -2.13. The first-order chi connectivity index (χ1) is 20.4. The van der Waals surface area contributed by atoms with Crippen LogP contribution in [0.5, 0.6) is 11.5 Å². The van der Waals surface area contributed by atoms with Crippen molar-refractivity contribution in [2.45, 2.75) is 13.0 Å². The third-order valence-corrected chi connectivity index (χ3v) is 7.27. The van der Waals surface area contributed by atoms with Crippen molar-refractivity contribution in [2.24, 2.45) is 0 Å². The number of methoxy groups -OCH3 is 2. The van der Waals surface area contributed by atoms with E-state index >= 15 is 0 Å². The first kappa shape index (κ1) is 29.0. The molecule has 214 valence electrons. The van der Waals surface area contributed by atoms with Gasteiger partial charge in [-0.15, -0.1) is 0 Å². The Bertz CT molecular complexity index is 1730. The van der Waals surface area contributed by atoms with Crippen LogP contribution >= 0.6 is 23.2 Å². The van der Waals surface area contributed by atoms with Gasteiger partial charge in [-0.2, -0.15) is 0 Å². The third kappa shape index (κ3) is 6.53. The number of carbonyl (C=O) groups excluding carboxylic acids is 1. The number of rotatable bonds is 10. The summed E-state index contributed by atoms with van der Waals surface area (Å²) in [5.41, 5.74) is 4.03. The summed E-state index contributed by atoms with van der Waals surface area (Å²) in [5, 5.41) is 3.86. The monoisotopic (exact) mass is 605 g/mol. The Hall–Kier alpha value is -4.47. The Morgan fingerprint density at radius 2 is 1.71 bits per heavy atom. The van der Waals surface area contributed by atoms with Gasteiger partial charge < -0.3 is 19.4 Å². The Labute approximate surface area is 252 Å². The van der Waals surface area contributed by atoms with Gasteiger partial charge in [-0.05, 0) is 66.2 Å². The normalized spacial score (nSPS) is 10.9. The first-order valence-electron chi connectivity index (χ1n) is 12.9. The number of benzene rings is 3. The molecule has 0 radical (unpaired) electrons. The van der Waals surface area contributed by atoms with E-state index in [0.29, 0.717) is 69.5 Å². The van der Waals surface area contributed by atoms with E-state index in [-0.39, 0.29) is 11.7 Å². The van der Waals surface area contributed by atoms with Crippen LogP contribution in [-0.2, 0) is 13.0 Å². The summed E-state index contributed by atoms with van der Waals surface area (Å²) in [5.74, 6) is 0.969. The maximum atomic E-state index is 13.7. The van der Waals surface area contributed by atoms with Crippen molar-refractivity contribution in [1.29, 1.82) is 0 Å². The summed E-state index contributed by atoms with van der Waals surface area (Å²) in [6.07, 6.45) is 3.79. The molecule has 3 aromatic carbocycles. The van der Waals surface area contributed by atoms with Gasteiger partial charge in [0.25, 0.3) is 5.91 Å². The summed E-state index contributed by atoms with van der Waals surface area (Å²) in [6.45, 7) is 0.704. The van der Waals surface area contributed by atoms with Crippen molar-refractivity contribution >= 4 is 29.1 Å². The largest absolute Gasteiger partial charge is 0.493 e. The summed E-state index contributed by atoms with van der Waals surface area (Å²) >= 11 is 12.3. The van der Waals surface area contributed by atoms with Gasteiger partial charge in [-0.25, -0.2) is 19.3 Å². The second-order valence-corrected chi connectivity index (χ2v) is 10.1. The number of imidazole rings is 1. The molecule has 0 saturated heterocycles. The molecule has 1 amide bonds. The molecule has 11 heteroatoms. The molecular formula is C31H26Cl2FN5O3. The van der Waals surface area contributed by atoms with E-state index < -0.39 is 0 Å². The lowest BCUT2D eigenvalue weighted by molar-refractivity contribution is 0.0952. The molecule has 5 aromatic rings. The van der Waals surface area contributed by atoms with Crippen LogP contribution in [0, 0.1) is 5.82 Å². The Morgan fingerprint density at radius 3 is 2.45 bits per heavy atom. The molecule has 0 spiro atoms. The predicted molar refractivity (Wildman–Crippen MR) is 160 cm³/mol. The highest BCUT2D eigenvalue weighted by Crippen LogP contribution is 2.31. The lowest BCUT2D eigenvalue weighted by atomic mass is 10.1. The first-order valence-corrected chi connectivity index (χ1v) is 13.7. The number of ether oxygens (including phenoxy) is 2. The van der Waals surface area contributed by atoms with Gasteiger partial charge in [0.2, 0.25) is 0 Å². The minimum atomic E-state index is -0.344. The summed E-state index contributed by atoms with van der Waals surface area (Å²) in [6, 6.07) is 18.3. The summed E-state index contributed by atoms with van der Waals surface area (Å²) < 4.78 is 26.2. The van der Waals surface area contributed by atoms with Crippen LogP contribution < -0.4 is 14.8 Å². The van der Waals surface area contributed by atoms with Crippen LogP contribution in [0.2, 0.25) is 10.0 Å². The fourth-order valence-electron chi connectivity index (χ4n) is 4.46. The van der Waals surface area contributed by atoms with Crippen molar-refractivity contribution in [1.82, 2.24) is 24.8 Å². The predicted octanol–water partition coefficient (Wildman–Crippen LogP) is 6.49. The van der Waals surface area contributed by atoms with Gasteiger partial charge in [-0.1, -0.05) is 29.3 Å². The molecule has 0 aliphatic heterocycles. The van der Waals surface area contributed by atoms with Crippen LogP contribution in [0.1, 0.15) is 21.7 Å².